The summed E-state index contributed by atoms with van der Waals surface area (Å²) in [5.41, 5.74) is 2.33. The molecule has 0 spiro atoms. The molecular weight excluding hydrogens is 464 g/mol. The van der Waals surface area contributed by atoms with Gasteiger partial charge in [-0.3, -0.25) is 4.79 Å². The number of rotatable bonds is 6. The summed E-state index contributed by atoms with van der Waals surface area (Å²) in [4.78, 5) is 17.0. The third kappa shape index (κ3) is 4.56. The minimum Gasteiger partial charge on any atom is -0.465 e. The van der Waals surface area contributed by atoms with Gasteiger partial charge in [-0.25, -0.2) is 0 Å². The van der Waals surface area contributed by atoms with Crippen molar-refractivity contribution in [2.75, 3.05) is 26.2 Å². The third-order valence-electron chi connectivity index (χ3n) is 8.01. The second-order valence-electron chi connectivity index (χ2n) is 10.00. The van der Waals surface area contributed by atoms with Gasteiger partial charge in [-0.05, 0) is 42.2 Å². The van der Waals surface area contributed by atoms with E-state index in [0.717, 1.165) is 56.4 Å². The summed E-state index contributed by atoms with van der Waals surface area (Å²) in [5, 5.41) is 10.6. The minimum absolute atomic E-state index is 0.102. The normalized spacial score (nSPS) is 25.1. The van der Waals surface area contributed by atoms with Gasteiger partial charge in [0.2, 0.25) is 0 Å². The molecule has 2 aliphatic rings. The first-order chi connectivity index (χ1) is 17.6. The second-order valence-corrected chi connectivity index (χ2v) is 11.1. The first-order valence-corrected chi connectivity index (χ1v) is 13.7. The van der Waals surface area contributed by atoms with Gasteiger partial charge in [0.25, 0.3) is 0 Å². The Hall–Kier alpha value is -3.07. The van der Waals surface area contributed by atoms with E-state index in [1.165, 1.54) is 20.3 Å². The maximum absolute atomic E-state index is 13.1. The van der Waals surface area contributed by atoms with E-state index in [0.29, 0.717) is 6.61 Å². The maximum Gasteiger partial charge on any atom is 0.317 e. The van der Waals surface area contributed by atoms with Gasteiger partial charge in [-0.1, -0.05) is 78.5 Å². The van der Waals surface area contributed by atoms with Crippen LogP contribution in [0.1, 0.15) is 42.9 Å². The molecule has 0 aliphatic carbocycles. The lowest BCUT2D eigenvalue weighted by molar-refractivity contribution is -0.906. The Morgan fingerprint density at radius 3 is 2.36 bits per heavy atom. The highest BCUT2D eigenvalue weighted by Gasteiger charge is 2.46. The van der Waals surface area contributed by atoms with Crippen molar-refractivity contribution in [2.24, 2.45) is 0 Å². The lowest BCUT2D eigenvalue weighted by atomic mass is 9.72. The minimum atomic E-state index is -0.571. The highest BCUT2D eigenvalue weighted by atomic mass is 32.2. The number of carbonyl (C=O) groups is 1. The predicted molar refractivity (Wildman–Crippen MR) is 142 cm³/mol. The molecule has 2 heterocycles. The fourth-order valence-electron chi connectivity index (χ4n) is 5.93. The monoisotopic (exact) mass is 497 g/mol. The van der Waals surface area contributed by atoms with Crippen molar-refractivity contribution in [3.05, 3.63) is 95.6 Å². The van der Waals surface area contributed by atoms with Crippen molar-refractivity contribution >= 4 is 17.7 Å². The first kappa shape index (κ1) is 24.6. The molecule has 1 atom stereocenters. The van der Waals surface area contributed by atoms with Crippen molar-refractivity contribution in [1.29, 1.82) is 5.26 Å². The number of fused-ring (bicyclic) bond motifs is 2. The zero-order valence-corrected chi connectivity index (χ0v) is 21.7. The molecule has 4 nitrogen and oxygen atoms in total. The van der Waals surface area contributed by atoms with Crippen LogP contribution >= 0.6 is 11.8 Å². The molecule has 1 saturated heterocycles. The van der Waals surface area contributed by atoms with Crippen LogP contribution in [0.2, 0.25) is 0 Å². The molecule has 36 heavy (non-hydrogen) atoms. The molecule has 5 heteroatoms. The van der Waals surface area contributed by atoms with E-state index in [9.17, 15) is 10.1 Å². The topological polar surface area (TPSA) is 54.5 Å². The van der Waals surface area contributed by atoms with Crippen LogP contribution in [-0.4, -0.2) is 32.2 Å². The van der Waals surface area contributed by atoms with E-state index in [4.69, 9.17) is 4.74 Å². The predicted octanol–water partition coefficient (Wildman–Crippen LogP) is 4.73. The lowest BCUT2D eigenvalue weighted by Gasteiger charge is -2.39. The highest BCUT2D eigenvalue weighted by molar-refractivity contribution is 7.99. The number of hydrogen-bond acceptors (Lipinski definition) is 4. The Kier molecular flexibility index (Phi) is 7.18. The number of benzene rings is 3. The Balaban J connectivity index is 1.36. The number of nitriles is 1. The van der Waals surface area contributed by atoms with Gasteiger partial charge in [0, 0.05) is 29.1 Å². The molecule has 184 valence electrons. The summed E-state index contributed by atoms with van der Waals surface area (Å²) in [6.45, 7) is 4.96. The molecule has 5 rings (SSSR count). The smallest absolute Gasteiger partial charge is 0.317 e. The molecule has 3 aromatic rings. The zero-order chi connectivity index (χ0) is 25.0. The number of ether oxygens (including phenoxy) is 1. The number of carbonyl (C=O) groups excluding carboxylic acids is 1. The van der Waals surface area contributed by atoms with Gasteiger partial charge in [-0.15, -0.1) is 0 Å². The third-order valence-corrected chi connectivity index (χ3v) is 9.20. The van der Waals surface area contributed by atoms with Crippen LogP contribution < -0.4 is 4.90 Å². The average Bonchev–Trinajstić information content (AvgIpc) is 3.07. The molecule has 2 aliphatic heterocycles. The van der Waals surface area contributed by atoms with Crippen LogP contribution in [0, 0.1) is 11.3 Å². The fourth-order valence-corrected chi connectivity index (χ4v) is 7.10. The number of esters is 1. The SMILES string of the molecule is CCOC(=O)C1(c2ccccc2)CC[NH+](CC[C@]2(C#N)Cc3ccccc3Sc3ccccc32)CC1. The Morgan fingerprint density at radius 2 is 1.64 bits per heavy atom. The standard InChI is InChI=1S/C31H32N2O2S/c1-2-35-29(34)31(25-11-4-3-5-12-25)17-20-33(21-18-31)19-16-30(23-32)22-24-10-6-8-14-27(24)36-28-15-9-7-13-26(28)30/h3-15H,2,16-22H2,1H3/p+1/t30-/m1/s1. The van der Waals surface area contributed by atoms with Gasteiger partial charge in [0.1, 0.15) is 5.41 Å². The first-order valence-electron chi connectivity index (χ1n) is 12.9. The summed E-state index contributed by atoms with van der Waals surface area (Å²) in [7, 11) is 0. The van der Waals surface area contributed by atoms with Gasteiger partial charge < -0.3 is 9.64 Å². The number of nitrogens with zero attached hydrogens (tertiary/aromatic N) is 1. The zero-order valence-electron chi connectivity index (χ0n) is 20.8. The molecule has 3 aromatic carbocycles. The van der Waals surface area contributed by atoms with Gasteiger partial charge in [0.15, 0.2) is 0 Å². The number of nitrogens with one attached hydrogen (secondary N) is 1. The Morgan fingerprint density at radius 1 is 0.972 bits per heavy atom. The van der Waals surface area contributed by atoms with Crippen LogP contribution in [-0.2, 0) is 26.8 Å². The van der Waals surface area contributed by atoms with Crippen LogP contribution in [0.4, 0.5) is 0 Å². The number of hydrogen-bond donors (Lipinski definition) is 1. The van der Waals surface area contributed by atoms with Crippen molar-refractivity contribution in [3.8, 4) is 6.07 Å². The summed E-state index contributed by atoms with van der Waals surface area (Å²) < 4.78 is 5.56. The van der Waals surface area contributed by atoms with Crippen molar-refractivity contribution in [3.63, 3.8) is 0 Å². The highest BCUT2D eigenvalue weighted by Crippen LogP contribution is 2.45. The molecule has 1 fully saturated rings. The average molecular weight is 498 g/mol. The number of quaternary nitrogens is 1. The van der Waals surface area contributed by atoms with Crippen LogP contribution in [0.5, 0.6) is 0 Å². The fraction of sp³-hybridized carbons (Fsp3) is 0.355. The van der Waals surface area contributed by atoms with Gasteiger partial charge >= 0.3 is 5.97 Å². The van der Waals surface area contributed by atoms with E-state index in [1.807, 2.05) is 25.1 Å². The van der Waals surface area contributed by atoms with Crippen molar-refractivity contribution < 1.29 is 14.4 Å². The molecule has 0 unspecified atom stereocenters. The summed E-state index contributed by atoms with van der Waals surface area (Å²) in [5.74, 6) is -0.102. The molecule has 0 bridgehead atoms. The van der Waals surface area contributed by atoms with Crippen molar-refractivity contribution in [1.82, 2.24) is 0 Å². The van der Waals surface area contributed by atoms with E-state index in [-0.39, 0.29) is 5.97 Å². The summed E-state index contributed by atoms with van der Waals surface area (Å²) in [6.07, 6.45) is 3.05. The summed E-state index contributed by atoms with van der Waals surface area (Å²) in [6, 6.07) is 29.8. The van der Waals surface area contributed by atoms with E-state index in [1.54, 1.807) is 11.8 Å². The van der Waals surface area contributed by atoms with Crippen LogP contribution in [0.15, 0.2) is 88.7 Å². The Labute approximate surface area is 218 Å². The quantitative estimate of drug-likeness (QED) is 0.501. The van der Waals surface area contributed by atoms with E-state index < -0.39 is 10.8 Å². The second kappa shape index (κ2) is 10.5. The molecule has 0 radical (unpaired) electrons. The molecule has 0 aromatic heterocycles. The number of piperidine rings is 1. The van der Waals surface area contributed by atoms with E-state index in [2.05, 4.69) is 66.7 Å². The Bertz CT molecular complexity index is 1260. The summed E-state index contributed by atoms with van der Waals surface area (Å²) >= 11 is 1.78. The maximum atomic E-state index is 13.1. The largest absolute Gasteiger partial charge is 0.465 e. The van der Waals surface area contributed by atoms with Gasteiger partial charge in [-0.2, -0.15) is 5.26 Å². The van der Waals surface area contributed by atoms with E-state index >= 15 is 0 Å². The molecular formula is C31H33N2O2S+. The van der Waals surface area contributed by atoms with Gasteiger partial charge in [0.05, 0.1) is 37.7 Å². The van der Waals surface area contributed by atoms with Crippen molar-refractivity contribution in [2.45, 2.75) is 53.2 Å². The lowest BCUT2D eigenvalue weighted by Crippen LogP contribution is -3.13. The molecule has 1 N–H and O–H groups in total. The molecule has 0 saturated carbocycles. The van der Waals surface area contributed by atoms with Crippen LogP contribution in [0.3, 0.4) is 0 Å². The number of likely N-dealkylation sites (tertiary alicyclic amines) is 1. The molecule has 0 amide bonds. The van der Waals surface area contributed by atoms with Crippen LogP contribution in [0.25, 0.3) is 0 Å².